The minimum absolute atomic E-state index is 0.0270. The summed E-state index contributed by atoms with van der Waals surface area (Å²) in [6.45, 7) is 5.10. The van der Waals surface area contributed by atoms with Crippen molar-refractivity contribution in [2.45, 2.75) is 13.5 Å². The number of allylic oxidation sites excluding steroid dienone is 1. The van der Waals surface area contributed by atoms with Crippen molar-refractivity contribution in [3.8, 4) is 5.75 Å². The number of thioether (sulfide) groups is 1. The lowest BCUT2D eigenvalue weighted by Gasteiger charge is -2.26. The Labute approximate surface area is 160 Å². The van der Waals surface area contributed by atoms with E-state index in [4.69, 9.17) is 4.74 Å². The zero-order chi connectivity index (χ0) is 18.4. The second kappa shape index (κ2) is 9.06. The summed E-state index contributed by atoms with van der Waals surface area (Å²) >= 11 is 2.01. The van der Waals surface area contributed by atoms with Gasteiger partial charge in [-0.25, -0.2) is 0 Å². The number of carbonyl (C=O) groups excluding carboxylic acids is 1. The molecule has 4 heteroatoms. The zero-order valence-electron chi connectivity index (χ0n) is 15.4. The average molecular weight is 368 g/mol. The number of benzene rings is 2. The monoisotopic (exact) mass is 367 g/mol. The molecule has 136 valence electrons. The summed E-state index contributed by atoms with van der Waals surface area (Å²) in [5.41, 5.74) is 4.01. The Morgan fingerprint density at radius 2 is 2.00 bits per heavy atom. The van der Waals surface area contributed by atoms with Crippen LogP contribution < -0.4 is 4.74 Å². The minimum atomic E-state index is 0.0270. The number of methoxy groups -OCH3 is 1. The lowest BCUT2D eigenvalue weighted by Crippen LogP contribution is -2.32. The number of nitrogens with zero attached hydrogens (tertiary/aromatic N) is 1. The van der Waals surface area contributed by atoms with Crippen LogP contribution in [-0.2, 0) is 6.54 Å². The molecule has 0 amide bonds. The molecule has 0 bridgehead atoms. The first-order chi connectivity index (χ1) is 12.7. The van der Waals surface area contributed by atoms with E-state index in [0.717, 1.165) is 42.1 Å². The lowest BCUT2D eigenvalue weighted by molar-refractivity contribution is 0.104. The molecule has 3 rings (SSSR count). The van der Waals surface area contributed by atoms with Gasteiger partial charge in [-0.15, -0.1) is 0 Å². The van der Waals surface area contributed by atoms with Gasteiger partial charge in [0.05, 0.1) is 7.11 Å². The highest BCUT2D eigenvalue weighted by Gasteiger charge is 2.13. The second-order valence-electron chi connectivity index (χ2n) is 6.53. The number of ether oxygens (including phenoxy) is 1. The van der Waals surface area contributed by atoms with Crippen molar-refractivity contribution in [3.05, 3.63) is 70.8 Å². The maximum absolute atomic E-state index is 12.4. The van der Waals surface area contributed by atoms with Gasteiger partial charge in [0.2, 0.25) is 0 Å². The Hall–Kier alpha value is -2.04. The molecule has 2 aromatic carbocycles. The van der Waals surface area contributed by atoms with E-state index < -0.39 is 0 Å². The molecular formula is C22H25NO2S. The summed E-state index contributed by atoms with van der Waals surface area (Å²) in [6, 6.07) is 13.8. The summed E-state index contributed by atoms with van der Waals surface area (Å²) in [4.78, 5) is 14.8. The van der Waals surface area contributed by atoms with E-state index in [2.05, 4.69) is 11.0 Å². The molecular weight excluding hydrogens is 342 g/mol. The molecule has 1 fully saturated rings. The number of aryl methyl sites for hydroxylation is 1. The van der Waals surface area contributed by atoms with Crippen molar-refractivity contribution in [2.24, 2.45) is 0 Å². The van der Waals surface area contributed by atoms with Gasteiger partial charge in [-0.1, -0.05) is 35.9 Å². The van der Waals surface area contributed by atoms with Crippen LogP contribution in [0.1, 0.15) is 27.0 Å². The van der Waals surface area contributed by atoms with E-state index in [-0.39, 0.29) is 5.78 Å². The van der Waals surface area contributed by atoms with Crippen molar-refractivity contribution < 1.29 is 9.53 Å². The number of ketones is 1. The van der Waals surface area contributed by atoms with Crippen LogP contribution in [0.2, 0.25) is 0 Å². The highest BCUT2D eigenvalue weighted by molar-refractivity contribution is 7.99. The topological polar surface area (TPSA) is 29.5 Å². The largest absolute Gasteiger partial charge is 0.496 e. The van der Waals surface area contributed by atoms with Gasteiger partial charge in [-0.2, -0.15) is 11.8 Å². The summed E-state index contributed by atoms with van der Waals surface area (Å²) in [5, 5.41) is 0. The van der Waals surface area contributed by atoms with Gasteiger partial charge in [0.1, 0.15) is 5.75 Å². The normalized spacial score (nSPS) is 15.3. The van der Waals surface area contributed by atoms with Crippen molar-refractivity contribution in [3.63, 3.8) is 0 Å². The van der Waals surface area contributed by atoms with Crippen LogP contribution in [0.4, 0.5) is 0 Å². The summed E-state index contributed by atoms with van der Waals surface area (Å²) in [7, 11) is 1.71. The fraction of sp³-hybridized carbons (Fsp3) is 0.318. The van der Waals surface area contributed by atoms with Crippen molar-refractivity contribution in [1.29, 1.82) is 0 Å². The SMILES string of the molecule is COc1ccc(/C=C/C(=O)c2cccc(C)c2)cc1CN1CCSCC1. The van der Waals surface area contributed by atoms with Crippen LogP contribution in [0.25, 0.3) is 6.08 Å². The smallest absolute Gasteiger partial charge is 0.185 e. The van der Waals surface area contributed by atoms with Gasteiger partial charge < -0.3 is 4.74 Å². The Morgan fingerprint density at radius 3 is 2.73 bits per heavy atom. The van der Waals surface area contributed by atoms with Crippen molar-refractivity contribution in [2.75, 3.05) is 31.7 Å². The fourth-order valence-corrected chi connectivity index (χ4v) is 4.07. The molecule has 0 aliphatic carbocycles. The maximum Gasteiger partial charge on any atom is 0.185 e. The number of hydrogen-bond acceptors (Lipinski definition) is 4. The van der Waals surface area contributed by atoms with Gasteiger partial charge in [-0.3, -0.25) is 9.69 Å². The van der Waals surface area contributed by atoms with Gasteiger partial charge in [-0.05, 0) is 36.8 Å². The predicted molar refractivity (Wildman–Crippen MR) is 110 cm³/mol. The average Bonchev–Trinajstić information content (AvgIpc) is 2.67. The van der Waals surface area contributed by atoms with Gasteiger partial charge >= 0.3 is 0 Å². The Bertz CT molecular complexity index is 794. The third-order valence-electron chi connectivity index (χ3n) is 4.53. The standard InChI is InChI=1S/C22H25NO2S/c1-17-4-3-5-19(14-17)21(24)8-6-18-7-9-22(25-2)20(15-18)16-23-10-12-26-13-11-23/h3-9,14-15H,10-13,16H2,1-2H3/b8-6+. The summed E-state index contributed by atoms with van der Waals surface area (Å²) in [5.74, 6) is 3.31. The van der Waals surface area contributed by atoms with Gasteiger partial charge in [0.15, 0.2) is 5.78 Å². The fourth-order valence-electron chi connectivity index (χ4n) is 3.09. The molecule has 0 spiro atoms. The Balaban J connectivity index is 1.75. The summed E-state index contributed by atoms with van der Waals surface area (Å²) < 4.78 is 5.53. The molecule has 26 heavy (non-hydrogen) atoms. The third-order valence-corrected chi connectivity index (χ3v) is 5.47. The molecule has 1 aliphatic heterocycles. The van der Waals surface area contributed by atoms with Crippen molar-refractivity contribution in [1.82, 2.24) is 4.90 Å². The number of hydrogen-bond donors (Lipinski definition) is 0. The first-order valence-electron chi connectivity index (χ1n) is 8.92. The van der Waals surface area contributed by atoms with E-state index in [1.807, 2.05) is 61.2 Å². The molecule has 1 aliphatic rings. The number of rotatable bonds is 6. The quantitative estimate of drug-likeness (QED) is 0.557. The van der Waals surface area contributed by atoms with Gasteiger partial charge in [0.25, 0.3) is 0 Å². The Morgan fingerprint density at radius 1 is 1.19 bits per heavy atom. The molecule has 0 unspecified atom stereocenters. The van der Waals surface area contributed by atoms with Crippen molar-refractivity contribution >= 4 is 23.6 Å². The highest BCUT2D eigenvalue weighted by Crippen LogP contribution is 2.24. The minimum Gasteiger partial charge on any atom is -0.496 e. The lowest BCUT2D eigenvalue weighted by atomic mass is 10.1. The predicted octanol–water partition coefficient (Wildman–Crippen LogP) is 4.45. The first kappa shape index (κ1) is 18.7. The zero-order valence-corrected chi connectivity index (χ0v) is 16.2. The third kappa shape index (κ3) is 4.99. The molecule has 0 N–H and O–H groups in total. The second-order valence-corrected chi connectivity index (χ2v) is 7.75. The molecule has 2 aromatic rings. The van der Waals surface area contributed by atoms with E-state index in [0.29, 0.717) is 0 Å². The van der Waals surface area contributed by atoms with Crippen LogP contribution >= 0.6 is 11.8 Å². The van der Waals surface area contributed by atoms with Crippen LogP contribution in [0.5, 0.6) is 5.75 Å². The molecule has 0 saturated carbocycles. The highest BCUT2D eigenvalue weighted by atomic mass is 32.2. The van der Waals surface area contributed by atoms with E-state index >= 15 is 0 Å². The molecule has 0 aromatic heterocycles. The van der Waals surface area contributed by atoms with Crippen LogP contribution in [0, 0.1) is 6.92 Å². The Kier molecular flexibility index (Phi) is 6.53. The maximum atomic E-state index is 12.4. The molecule has 3 nitrogen and oxygen atoms in total. The van der Waals surface area contributed by atoms with E-state index in [1.54, 1.807) is 13.2 Å². The van der Waals surface area contributed by atoms with E-state index in [9.17, 15) is 4.79 Å². The van der Waals surface area contributed by atoms with E-state index in [1.165, 1.54) is 17.1 Å². The van der Waals surface area contributed by atoms with Crippen LogP contribution in [0.15, 0.2) is 48.5 Å². The molecule has 0 radical (unpaired) electrons. The molecule has 0 atom stereocenters. The first-order valence-corrected chi connectivity index (χ1v) is 10.1. The summed E-state index contributed by atoms with van der Waals surface area (Å²) in [6.07, 6.45) is 3.54. The molecule has 1 heterocycles. The van der Waals surface area contributed by atoms with Gasteiger partial charge in [0, 0.05) is 42.3 Å². The van der Waals surface area contributed by atoms with Crippen LogP contribution in [-0.4, -0.2) is 42.4 Å². The number of carbonyl (C=O) groups is 1. The van der Waals surface area contributed by atoms with Crippen LogP contribution in [0.3, 0.4) is 0 Å². The molecule has 1 saturated heterocycles.